The van der Waals surface area contributed by atoms with Crippen molar-refractivity contribution in [3.63, 3.8) is 0 Å². The Morgan fingerprint density at radius 1 is 0.647 bits per heavy atom. The van der Waals surface area contributed by atoms with Crippen LogP contribution in [0.4, 0.5) is 0 Å². The van der Waals surface area contributed by atoms with Crippen LogP contribution in [0.2, 0.25) is 0 Å². The molecular formula is C28H19N3O3. The number of carbonyl (C=O) groups is 1. The molecule has 0 aliphatic heterocycles. The third-order valence-electron chi connectivity index (χ3n) is 5.27. The Balaban J connectivity index is 1.36. The summed E-state index contributed by atoms with van der Waals surface area (Å²) in [5, 5.41) is 9.01. The summed E-state index contributed by atoms with van der Waals surface area (Å²) in [6.45, 7) is 0. The Morgan fingerprint density at radius 3 is 1.91 bits per heavy atom. The largest absolute Gasteiger partial charge is 0.478 e. The molecule has 2 aromatic carbocycles. The third kappa shape index (κ3) is 4.66. The lowest BCUT2D eigenvalue weighted by Crippen LogP contribution is -1.95. The zero-order valence-electron chi connectivity index (χ0n) is 18.0. The number of benzene rings is 2. The average Bonchev–Trinajstić information content (AvgIpc) is 2.90. The van der Waals surface area contributed by atoms with Gasteiger partial charge < -0.3 is 9.84 Å². The van der Waals surface area contributed by atoms with Crippen LogP contribution < -0.4 is 4.74 Å². The van der Waals surface area contributed by atoms with Gasteiger partial charge >= 0.3 is 5.97 Å². The second-order valence-corrected chi connectivity index (χ2v) is 7.53. The second-order valence-electron chi connectivity index (χ2n) is 7.53. The molecule has 3 aromatic heterocycles. The molecule has 34 heavy (non-hydrogen) atoms. The first-order valence-corrected chi connectivity index (χ1v) is 10.6. The van der Waals surface area contributed by atoms with E-state index in [-0.39, 0.29) is 5.56 Å². The lowest BCUT2D eigenvalue weighted by Gasteiger charge is -2.09. The van der Waals surface area contributed by atoms with Gasteiger partial charge in [0, 0.05) is 35.3 Å². The van der Waals surface area contributed by atoms with E-state index in [4.69, 9.17) is 14.8 Å². The Morgan fingerprint density at radius 2 is 1.24 bits per heavy atom. The molecule has 3 heterocycles. The van der Waals surface area contributed by atoms with Crippen molar-refractivity contribution < 1.29 is 14.6 Å². The maximum atomic E-state index is 11.0. The first-order valence-electron chi connectivity index (χ1n) is 10.6. The van der Waals surface area contributed by atoms with Gasteiger partial charge in [-0.15, -0.1) is 0 Å². The molecule has 0 spiro atoms. The van der Waals surface area contributed by atoms with Gasteiger partial charge in [0.2, 0.25) is 0 Å². The van der Waals surface area contributed by atoms with Gasteiger partial charge in [-0.25, -0.2) is 9.78 Å². The molecule has 1 N–H and O–H groups in total. The highest BCUT2D eigenvalue weighted by Crippen LogP contribution is 2.28. The zero-order chi connectivity index (χ0) is 23.3. The van der Waals surface area contributed by atoms with E-state index in [2.05, 4.69) is 9.97 Å². The minimum Gasteiger partial charge on any atom is -0.478 e. The van der Waals surface area contributed by atoms with Crippen LogP contribution in [0.3, 0.4) is 0 Å². The Kier molecular flexibility index (Phi) is 5.78. The van der Waals surface area contributed by atoms with E-state index < -0.39 is 5.97 Å². The number of nitrogens with zero attached hydrogens (tertiary/aromatic N) is 3. The molecule has 6 heteroatoms. The van der Waals surface area contributed by atoms with Gasteiger partial charge in [-0.1, -0.05) is 6.07 Å². The lowest BCUT2D eigenvalue weighted by atomic mass is 10.1. The molecule has 164 valence electrons. The molecule has 0 aliphatic carbocycles. The van der Waals surface area contributed by atoms with Crippen LogP contribution in [0, 0.1) is 0 Å². The molecule has 0 amide bonds. The number of carboxylic acids is 1. The molecular weight excluding hydrogens is 426 g/mol. The SMILES string of the molecule is O=C(O)c1ccc(Oc2ccc(-c3cc(-c4cccc(-c5ccncc5)n4)ccn3)cc2)cc1. The summed E-state index contributed by atoms with van der Waals surface area (Å²) in [6, 6.07) is 27.7. The van der Waals surface area contributed by atoms with Gasteiger partial charge in [0.1, 0.15) is 11.5 Å². The summed E-state index contributed by atoms with van der Waals surface area (Å²) < 4.78 is 5.82. The Labute approximate surface area is 196 Å². The fraction of sp³-hybridized carbons (Fsp3) is 0. The van der Waals surface area contributed by atoms with E-state index in [0.717, 1.165) is 33.8 Å². The van der Waals surface area contributed by atoms with Crippen LogP contribution in [0.15, 0.2) is 110 Å². The number of pyridine rings is 3. The topological polar surface area (TPSA) is 85.2 Å². The molecule has 5 aromatic rings. The Bertz CT molecular complexity index is 1430. The molecule has 0 fully saturated rings. The fourth-order valence-corrected chi connectivity index (χ4v) is 3.52. The maximum absolute atomic E-state index is 11.0. The highest BCUT2D eigenvalue weighted by molar-refractivity contribution is 5.87. The van der Waals surface area contributed by atoms with Crippen molar-refractivity contribution in [1.29, 1.82) is 0 Å². The number of rotatable bonds is 6. The van der Waals surface area contributed by atoms with Gasteiger partial charge in [-0.3, -0.25) is 9.97 Å². The van der Waals surface area contributed by atoms with Crippen LogP contribution in [0.1, 0.15) is 10.4 Å². The molecule has 0 atom stereocenters. The predicted octanol–water partition coefficient (Wildman–Crippen LogP) is 6.36. The lowest BCUT2D eigenvalue weighted by molar-refractivity contribution is 0.0697. The molecule has 0 saturated heterocycles. The van der Waals surface area contributed by atoms with Gasteiger partial charge in [-0.05, 0) is 84.9 Å². The van der Waals surface area contributed by atoms with Crippen molar-refractivity contribution in [1.82, 2.24) is 15.0 Å². The average molecular weight is 445 g/mol. The van der Waals surface area contributed by atoms with Crippen LogP contribution in [0.5, 0.6) is 11.5 Å². The van der Waals surface area contributed by atoms with E-state index in [1.165, 1.54) is 12.1 Å². The molecule has 0 radical (unpaired) electrons. The van der Waals surface area contributed by atoms with Gasteiger partial charge in [0.25, 0.3) is 0 Å². The number of aromatic nitrogens is 3. The van der Waals surface area contributed by atoms with E-state index in [9.17, 15) is 4.79 Å². The minimum atomic E-state index is -0.968. The zero-order valence-corrected chi connectivity index (χ0v) is 18.0. The molecule has 0 saturated carbocycles. The van der Waals surface area contributed by atoms with E-state index in [1.807, 2.05) is 66.7 Å². The number of hydrogen-bond donors (Lipinski definition) is 1. The third-order valence-corrected chi connectivity index (χ3v) is 5.27. The maximum Gasteiger partial charge on any atom is 0.335 e. The van der Waals surface area contributed by atoms with Crippen molar-refractivity contribution in [3.8, 4) is 45.3 Å². The molecule has 0 unspecified atom stereocenters. The summed E-state index contributed by atoms with van der Waals surface area (Å²) in [5.41, 5.74) is 5.72. The van der Waals surface area contributed by atoms with Crippen molar-refractivity contribution in [2.24, 2.45) is 0 Å². The fourth-order valence-electron chi connectivity index (χ4n) is 3.52. The second kappa shape index (κ2) is 9.34. The summed E-state index contributed by atoms with van der Waals surface area (Å²) in [7, 11) is 0. The normalized spacial score (nSPS) is 10.6. The van der Waals surface area contributed by atoms with Crippen molar-refractivity contribution in [2.75, 3.05) is 0 Å². The number of ether oxygens (including phenoxy) is 1. The first-order chi connectivity index (χ1) is 16.7. The number of aromatic carboxylic acids is 1. The van der Waals surface area contributed by atoms with Gasteiger partial charge in [0.15, 0.2) is 0 Å². The van der Waals surface area contributed by atoms with Crippen molar-refractivity contribution in [2.45, 2.75) is 0 Å². The molecule has 0 bridgehead atoms. The van der Waals surface area contributed by atoms with Crippen LogP contribution in [0.25, 0.3) is 33.8 Å². The first kappa shape index (κ1) is 21.0. The number of carboxylic acid groups (broad SMARTS) is 1. The molecule has 0 aliphatic rings. The smallest absolute Gasteiger partial charge is 0.335 e. The van der Waals surface area contributed by atoms with Crippen LogP contribution in [-0.4, -0.2) is 26.0 Å². The molecule has 6 nitrogen and oxygen atoms in total. The number of hydrogen-bond acceptors (Lipinski definition) is 5. The summed E-state index contributed by atoms with van der Waals surface area (Å²) in [6.07, 6.45) is 5.29. The predicted molar refractivity (Wildman–Crippen MR) is 130 cm³/mol. The minimum absolute atomic E-state index is 0.217. The van der Waals surface area contributed by atoms with E-state index >= 15 is 0 Å². The monoisotopic (exact) mass is 445 g/mol. The van der Waals surface area contributed by atoms with Crippen molar-refractivity contribution in [3.05, 3.63) is 115 Å². The van der Waals surface area contributed by atoms with Crippen LogP contribution >= 0.6 is 0 Å². The van der Waals surface area contributed by atoms with E-state index in [0.29, 0.717) is 11.5 Å². The van der Waals surface area contributed by atoms with E-state index in [1.54, 1.807) is 30.7 Å². The van der Waals surface area contributed by atoms with Crippen molar-refractivity contribution >= 4 is 5.97 Å². The highest BCUT2D eigenvalue weighted by atomic mass is 16.5. The standard InChI is InChI=1S/C28H19N3O3/c32-28(33)21-6-10-24(11-7-21)34-23-8-4-19(5-9-23)27-18-22(14-17-30-27)26-3-1-2-25(31-26)20-12-15-29-16-13-20/h1-18H,(H,32,33). The molecule has 5 rings (SSSR count). The summed E-state index contributed by atoms with van der Waals surface area (Å²) in [4.78, 5) is 24.4. The van der Waals surface area contributed by atoms with Gasteiger partial charge in [0.05, 0.1) is 22.6 Å². The van der Waals surface area contributed by atoms with Crippen LogP contribution in [-0.2, 0) is 0 Å². The summed E-state index contributed by atoms with van der Waals surface area (Å²) in [5.74, 6) is 0.248. The quantitative estimate of drug-likeness (QED) is 0.327. The van der Waals surface area contributed by atoms with Gasteiger partial charge in [-0.2, -0.15) is 0 Å². The Hall–Kier alpha value is -4.84. The summed E-state index contributed by atoms with van der Waals surface area (Å²) >= 11 is 0. The highest BCUT2D eigenvalue weighted by Gasteiger charge is 2.08.